The van der Waals surface area contributed by atoms with Crippen molar-refractivity contribution in [2.75, 3.05) is 26.8 Å². The zero-order valence-electron chi connectivity index (χ0n) is 12.4. The third-order valence-electron chi connectivity index (χ3n) is 3.47. The molecule has 2 N–H and O–H groups in total. The topological polar surface area (TPSA) is 59.6 Å². The Morgan fingerprint density at radius 1 is 1.43 bits per heavy atom. The molecular weight excluding hydrogens is 292 g/mol. The summed E-state index contributed by atoms with van der Waals surface area (Å²) in [7, 11) is 1.65. The summed E-state index contributed by atoms with van der Waals surface area (Å²) in [5.74, 6) is 0.848. The number of halogens is 1. The van der Waals surface area contributed by atoms with Crippen molar-refractivity contribution in [3.8, 4) is 5.75 Å². The summed E-state index contributed by atoms with van der Waals surface area (Å²) in [4.78, 5) is 12.0. The van der Waals surface area contributed by atoms with E-state index in [0.29, 0.717) is 13.2 Å². The van der Waals surface area contributed by atoms with Crippen LogP contribution in [0.15, 0.2) is 24.3 Å². The molecular formula is C15H23ClN2O3. The Morgan fingerprint density at radius 2 is 2.14 bits per heavy atom. The smallest absolute Gasteiger partial charge is 0.239 e. The molecule has 1 amide bonds. The fraction of sp³-hybridized carbons (Fsp3) is 0.533. The van der Waals surface area contributed by atoms with E-state index < -0.39 is 0 Å². The first-order chi connectivity index (χ1) is 9.70. The molecule has 6 heteroatoms. The van der Waals surface area contributed by atoms with E-state index in [2.05, 4.69) is 10.6 Å². The average molecular weight is 315 g/mol. The Bertz CT molecular complexity index is 439. The first-order valence-corrected chi connectivity index (χ1v) is 6.96. The standard InChI is InChI=1S/C15H22N2O3.ClH/c1-11-14(16-9-10-20-11)15(18)17-8-7-12-3-5-13(19-2)6-4-12;/h3-6,11,14,16H,7-10H2,1-2H3,(H,17,18);1H/t11-,14+;/m1./s1. The lowest BCUT2D eigenvalue weighted by molar-refractivity contribution is -0.128. The van der Waals surface area contributed by atoms with Crippen molar-refractivity contribution in [2.24, 2.45) is 0 Å². The quantitative estimate of drug-likeness (QED) is 0.856. The zero-order valence-corrected chi connectivity index (χ0v) is 13.2. The van der Waals surface area contributed by atoms with Crippen LogP contribution in [0.25, 0.3) is 0 Å². The molecule has 1 saturated heterocycles. The molecule has 0 bridgehead atoms. The molecule has 1 aromatic rings. The molecule has 1 heterocycles. The maximum Gasteiger partial charge on any atom is 0.239 e. The summed E-state index contributed by atoms with van der Waals surface area (Å²) in [6.45, 7) is 3.92. The van der Waals surface area contributed by atoms with Gasteiger partial charge in [-0.05, 0) is 31.0 Å². The monoisotopic (exact) mass is 314 g/mol. The average Bonchev–Trinajstić information content (AvgIpc) is 2.48. The Hall–Kier alpha value is -1.30. The lowest BCUT2D eigenvalue weighted by Gasteiger charge is -2.29. The molecule has 1 aromatic carbocycles. The number of hydrogen-bond acceptors (Lipinski definition) is 4. The molecule has 21 heavy (non-hydrogen) atoms. The summed E-state index contributed by atoms with van der Waals surface area (Å²) in [6.07, 6.45) is 0.724. The second-order valence-corrected chi connectivity index (χ2v) is 4.90. The van der Waals surface area contributed by atoms with E-state index in [-0.39, 0.29) is 30.5 Å². The number of methoxy groups -OCH3 is 1. The number of carbonyl (C=O) groups excluding carboxylic acids is 1. The SMILES string of the molecule is COc1ccc(CCNC(=O)[C@H]2NCCO[C@@H]2C)cc1.Cl. The van der Waals surface area contributed by atoms with Crippen LogP contribution < -0.4 is 15.4 Å². The predicted molar refractivity (Wildman–Crippen MR) is 84.2 cm³/mol. The Morgan fingerprint density at radius 3 is 2.76 bits per heavy atom. The lowest BCUT2D eigenvalue weighted by atomic mass is 10.1. The second-order valence-electron chi connectivity index (χ2n) is 4.90. The van der Waals surface area contributed by atoms with Crippen LogP contribution >= 0.6 is 12.4 Å². The predicted octanol–water partition coefficient (Wildman–Crippen LogP) is 1.15. The fourth-order valence-electron chi connectivity index (χ4n) is 2.26. The summed E-state index contributed by atoms with van der Waals surface area (Å²) in [6, 6.07) is 7.62. The van der Waals surface area contributed by atoms with Gasteiger partial charge in [-0.25, -0.2) is 0 Å². The van der Waals surface area contributed by atoms with Gasteiger partial charge < -0.3 is 20.1 Å². The Kier molecular flexibility index (Phi) is 7.50. The highest BCUT2D eigenvalue weighted by atomic mass is 35.5. The first-order valence-electron chi connectivity index (χ1n) is 6.96. The molecule has 1 fully saturated rings. The number of carbonyl (C=O) groups is 1. The summed E-state index contributed by atoms with van der Waals surface area (Å²) < 4.78 is 10.6. The summed E-state index contributed by atoms with van der Waals surface area (Å²) >= 11 is 0. The van der Waals surface area contributed by atoms with Crippen LogP contribution in [0.1, 0.15) is 12.5 Å². The van der Waals surface area contributed by atoms with Crippen molar-refractivity contribution in [2.45, 2.75) is 25.5 Å². The minimum absolute atomic E-state index is 0. The van der Waals surface area contributed by atoms with E-state index in [1.807, 2.05) is 31.2 Å². The van der Waals surface area contributed by atoms with Crippen LogP contribution in [0.2, 0.25) is 0 Å². The van der Waals surface area contributed by atoms with Gasteiger partial charge in [0.15, 0.2) is 0 Å². The van der Waals surface area contributed by atoms with Gasteiger partial charge in [-0.2, -0.15) is 0 Å². The third-order valence-corrected chi connectivity index (χ3v) is 3.47. The number of morpholine rings is 1. The van der Waals surface area contributed by atoms with Gasteiger partial charge in [-0.15, -0.1) is 12.4 Å². The highest BCUT2D eigenvalue weighted by Crippen LogP contribution is 2.11. The van der Waals surface area contributed by atoms with Crippen molar-refractivity contribution in [1.29, 1.82) is 0 Å². The van der Waals surface area contributed by atoms with Gasteiger partial charge in [-0.3, -0.25) is 4.79 Å². The van der Waals surface area contributed by atoms with Gasteiger partial charge in [-0.1, -0.05) is 12.1 Å². The van der Waals surface area contributed by atoms with Crippen LogP contribution in [0.3, 0.4) is 0 Å². The van der Waals surface area contributed by atoms with E-state index in [9.17, 15) is 4.79 Å². The molecule has 2 rings (SSSR count). The minimum atomic E-state index is -0.250. The molecule has 0 unspecified atom stereocenters. The van der Waals surface area contributed by atoms with E-state index in [1.54, 1.807) is 7.11 Å². The van der Waals surface area contributed by atoms with Gasteiger partial charge in [0.1, 0.15) is 11.8 Å². The van der Waals surface area contributed by atoms with Crippen LogP contribution in [0.4, 0.5) is 0 Å². The number of nitrogens with one attached hydrogen (secondary N) is 2. The molecule has 0 aliphatic carbocycles. The molecule has 1 aliphatic heterocycles. The van der Waals surface area contributed by atoms with Crippen LogP contribution in [0, 0.1) is 0 Å². The van der Waals surface area contributed by atoms with Crippen molar-refractivity contribution >= 4 is 18.3 Å². The number of amides is 1. The minimum Gasteiger partial charge on any atom is -0.497 e. The number of benzene rings is 1. The molecule has 0 aromatic heterocycles. The van der Waals surface area contributed by atoms with Gasteiger partial charge in [0.2, 0.25) is 5.91 Å². The van der Waals surface area contributed by atoms with E-state index in [0.717, 1.165) is 18.7 Å². The second kappa shape index (κ2) is 8.87. The largest absolute Gasteiger partial charge is 0.497 e. The van der Waals surface area contributed by atoms with Gasteiger partial charge >= 0.3 is 0 Å². The maximum absolute atomic E-state index is 12.0. The molecule has 5 nitrogen and oxygen atoms in total. The Labute approximate surface area is 131 Å². The van der Waals surface area contributed by atoms with Crippen molar-refractivity contribution in [1.82, 2.24) is 10.6 Å². The first kappa shape index (κ1) is 17.8. The number of ether oxygens (including phenoxy) is 2. The van der Waals surface area contributed by atoms with Crippen LogP contribution in [-0.4, -0.2) is 44.9 Å². The molecule has 1 aliphatic rings. The zero-order chi connectivity index (χ0) is 14.4. The van der Waals surface area contributed by atoms with E-state index >= 15 is 0 Å². The molecule has 2 atom stereocenters. The lowest BCUT2D eigenvalue weighted by Crippen LogP contribution is -2.55. The summed E-state index contributed by atoms with van der Waals surface area (Å²) in [5, 5.41) is 6.13. The van der Waals surface area contributed by atoms with Gasteiger partial charge in [0.25, 0.3) is 0 Å². The number of hydrogen-bond donors (Lipinski definition) is 2. The van der Waals surface area contributed by atoms with Gasteiger partial charge in [0.05, 0.1) is 19.8 Å². The highest BCUT2D eigenvalue weighted by molar-refractivity contribution is 5.85. The normalized spacial score (nSPS) is 21.2. The molecule has 0 spiro atoms. The highest BCUT2D eigenvalue weighted by Gasteiger charge is 2.27. The van der Waals surface area contributed by atoms with Crippen LogP contribution in [0.5, 0.6) is 5.75 Å². The van der Waals surface area contributed by atoms with E-state index in [1.165, 1.54) is 5.56 Å². The summed E-state index contributed by atoms with van der Waals surface area (Å²) in [5.41, 5.74) is 1.17. The molecule has 118 valence electrons. The maximum atomic E-state index is 12.0. The van der Waals surface area contributed by atoms with E-state index in [4.69, 9.17) is 9.47 Å². The van der Waals surface area contributed by atoms with Crippen molar-refractivity contribution < 1.29 is 14.3 Å². The molecule has 0 radical (unpaired) electrons. The number of rotatable bonds is 5. The van der Waals surface area contributed by atoms with Gasteiger partial charge in [0, 0.05) is 13.1 Å². The Balaban J connectivity index is 0.00000220. The molecule has 0 saturated carbocycles. The third kappa shape index (κ3) is 5.19. The van der Waals surface area contributed by atoms with Crippen molar-refractivity contribution in [3.63, 3.8) is 0 Å². The van der Waals surface area contributed by atoms with Crippen molar-refractivity contribution in [3.05, 3.63) is 29.8 Å². The fourth-order valence-corrected chi connectivity index (χ4v) is 2.26. The van der Waals surface area contributed by atoms with Crippen LogP contribution in [-0.2, 0) is 16.0 Å².